The van der Waals surface area contributed by atoms with Gasteiger partial charge in [-0.25, -0.2) is 14.8 Å². The topological polar surface area (TPSA) is 71.9 Å². The smallest absolute Gasteiger partial charge is 0.363 e. The van der Waals surface area contributed by atoms with Crippen molar-refractivity contribution in [2.75, 3.05) is 11.4 Å². The zero-order chi connectivity index (χ0) is 19.7. The molecule has 1 aromatic heterocycles. The summed E-state index contributed by atoms with van der Waals surface area (Å²) in [5.41, 5.74) is 1.49. The van der Waals surface area contributed by atoms with E-state index in [2.05, 4.69) is 9.98 Å². The van der Waals surface area contributed by atoms with Gasteiger partial charge in [0.15, 0.2) is 10.8 Å². The van der Waals surface area contributed by atoms with Crippen molar-refractivity contribution < 1.29 is 14.3 Å². The molecule has 140 valence electrons. The second kappa shape index (κ2) is 7.36. The minimum absolute atomic E-state index is 0.0760. The zero-order valence-electron chi connectivity index (χ0n) is 15.4. The summed E-state index contributed by atoms with van der Waals surface area (Å²) in [7, 11) is 0. The number of esters is 1. The van der Waals surface area contributed by atoms with Gasteiger partial charge in [-0.1, -0.05) is 30.3 Å². The van der Waals surface area contributed by atoms with E-state index < -0.39 is 5.97 Å². The molecule has 0 aliphatic carbocycles. The number of carbonyl (C=O) groups is 2. The Kier molecular flexibility index (Phi) is 4.75. The largest absolute Gasteiger partial charge is 0.402 e. The highest BCUT2D eigenvalue weighted by Gasteiger charge is 2.25. The van der Waals surface area contributed by atoms with Crippen molar-refractivity contribution in [2.24, 2.45) is 4.99 Å². The third-order valence-corrected chi connectivity index (χ3v) is 5.22. The van der Waals surface area contributed by atoms with Crippen LogP contribution in [0.4, 0.5) is 5.13 Å². The molecule has 7 heteroatoms. The van der Waals surface area contributed by atoms with E-state index in [1.165, 1.54) is 18.3 Å². The van der Waals surface area contributed by atoms with Crippen LogP contribution in [0.5, 0.6) is 0 Å². The van der Waals surface area contributed by atoms with E-state index in [1.54, 1.807) is 16.4 Å². The number of nitrogens with zero attached hydrogens (tertiary/aromatic N) is 3. The fourth-order valence-corrected chi connectivity index (χ4v) is 3.84. The van der Waals surface area contributed by atoms with Crippen molar-refractivity contribution in [3.63, 3.8) is 0 Å². The molecule has 2 aromatic carbocycles. The van der Waals surface area contributed by atoms with Gasteiger partial charge in [-0.15, -0.1) is 11.3 Å². The van der Waals surface area contributed by atoms with Crippen LogP contribution in [-0.2, 0) is 14.3 Å². The van der Waals surface area contributed by atoms with Crippen LogP contribution in [0.25, 0.3) is 16.8 Å². The first kappa shape index (κ1) is 18.1. The van der Waals surface area contributed by atoms with Crippen LogP contribution in [0.3, 0.4) is 0 Å². The number of benzene rings is 2. The summed E-state index contributed by atoms with van der Waals surface area (Å²) in [6.07, 6.45) is 1.57. The molecule has 1 aliphatic heterocycles. The molecule has 0 fully saturated rings. The number of fused-ring (bicyclic) bond motifs is 1. The Hall–Kier alpha value is -3.32. The number of thiazole rings is 1. The lowest BCUT2D eigenvalue weighted by molar-refractivity contribution is -0.130. The second-order valence-corrected chi connectivity index (χ2v) is 7.05. The molecule has 3 aromatic rings. The van der Waals surface area contributed by atoms with Crippen LogP contribution in [0.2, 0.25) is 0 Å². The van der Waals surface area contributed by atoms with Crippen molar-refractivity contribution >= 4 is 51.1 Å². The fraction of sp³-hybridized carbons (Fsp3) is 0.143. The quantitative estimate of drug-likeness (QED) is 0.498. The second-order valence-electron chi connectivity index (χ2n) is 6.22. The highest BCUT2D eigenvalue weighted by Crippen LogP contribution is 2.25. The van der Waals surface area contributed by atoms with Gasteiger partial charge >= 0.3 is 5.97 Å². The number of hydrogen-bond acceptors (Lipinski definition) is 6. The molecule has 1 aliphatic rings. The Bertz CT molecular complexity index is 1150. The normalized spacial score (nSPS) is 15.0. The average molecular weight is 391 g/mol. The molecule has 28 heavy (non-hydrogen) atoms. The van der Waals surface area contributed by atoms with Crippen molar-refractivity contribution in [2.45, 2.75) is 13.8 Å². The first-order valence-corrected chi connectivity index (χ1v) is 9.68. The molecule has 0 unspecified atom stereocenters. The van der Waals surface area contributed by atoms with Crippen molar-refractivity contribution in [3.8, 4) is 0 Å². The maximum absolute atomic E-state index is 12.2. The van der Waals surface area contributed by atoms with Gasteiger partial charge in [0.2, 0.25) is 11.8 Å². The van der Waals surface area contributed by atoms with Crippen LogP contribution < -0.4 is 4.90 Å². The first-order chi connectivity index (χ1) is 13.5. The van der Waals surface area contributed by atoms with Gasteiger partial charge in [0, 0.05) is 24.4 Å². The van der Waals surface area contributed by atoms with E-state index in [-0.39, 0.29) is 17.5 Å². The molecule has 0 radical (unpaired) electrons. The Balaban J connectivity index is 1.63. The first-order valence-electron chi connectivity index (χ1n) is 8.80. The van der Waals surface area contributed by atoms with Crippen LogP contribution in [0, 0.1) is 0 Å². The standard InChI is InChI=1S/C21H17N3O3S/c1-3-24(13(2)25)21-22-17(12-28-21)11-18-20(26)27-19(23-18)16-9-8-14-6-4-5-7-15(14)10-16/h4-12H,3H2,1-2H3/b18-11+. The minimum atomic E-state index is -0.517. The molecule has 1 amide bonds. The Morgan fingerprint density at radius 1 is 1.21 bits per heavy atom. The van der Waals surface area contributed by atoms with E-state index >= 15 is 0 Å². The fourth-order valence-electron chi connectivity index (χ4n) is 2.95. The Morgan fingerprint density at radius 3 is 2.75 bits per heavy atom. The predicted octanol–water partition coefficient (Wildman–Crippen LogP) is 4.01. The summed E-state index contributed by atoms with van der Waals surface area (Å²) in [4.78, 5) is 34.2. The highest BCUT2D eigenvalue weighted by atomic mass is 32.1. The molecule has 0 saturated carbocycles. The van der Waals surface area contributed by atoms with Crippen LogP contribution >= 0.6 is 11.3 Å². The Morgan fingerprint density at radius 2 is 2.00 bits per heavy atom. The van der Waals surface area contributed by atoms with E-state index in [4.69, 9.17) is 4.74 Å². The maximum Gasteiger partial charge on any atom is 0.363 e. The number of ether oxygens (including phenoxy) is 1. The number of cyclic esters (lactones) is 1. The lowest BCUT2D eigenvalue weighted by Crippen LogP contribution is -2.27. The third-order valence-electron chi connectivity index (χ3n) is 4.34. The number of aliphatic imine (C=N–C) groups is 1. The highest BCUT2D eigenvalue weighted by molar-refractivity contribution is 7.14. The number of rotatable bonds is 4. The molecule has 0 atom stereocenters. The monoisotopic (exact) mass is 391 g/mol. The summed E-state index contributed by atoms with van der Waals surface area (Å²) in [5.74, 6) is -0.319. The van der Waals surface area contributed by atoms with Crippen molar-refractivity contribution in [3.05, 3.63) is 64.8 Å². The van der Waals surface area contributed by atoms with Crippen LogP contribution in [0.1, 0.15) is 25.1 Å². The molecule has 0 bridgehead atoms. The van der Waals surface area contributed by atoms with Gasteiger partial charge in [0.25, 0.3) is 0 Å². The van der Waals surface area contributed by atoms with E-state index in [9.17, 15) is 9.59 Å². The van der Waals surface area contributed by atoms with Crippen LogP contribution in [-0.4, -0.2) is 29.3 Å². The van der Waals surface area contributed by atoms with E-state index in [0.29, 0.717) is 17.4 Å². The van der Waals surface area contributed by atoms with Gasteiger partial charge in [0.05, 0.1) is 5.69 Å². The summed E-state index contributed by atoms with van der Waals surface area (Å²) >= 11 is 1.34. The molecular weight excluding hydrogens is 374 g/mol. The van der Waals surface area contributed by atoms with E-state index in [1.807, 2.05) is 49.4 Å². The molecule has 0 N–H and O–H groups in total. The Labute approximate surface area is 165 Å². The molecule has 4 rings (SSSR count). The van der Waals surface area contributed by atoms with Crippen LogP contribution in [0.15, 0.2) is 58.5 Å². The molecular formula is C21H17N3O3S. The number of aromatic nitrogens is 1. The van der Waals surface area contributed by atoms with Gasteiger partial charge in [-0.2, -0.15) is 0 Å². The van der Waals surface area contributed by atoms with Crippen molar-refractivity contribution in [1.29, 1.82) is 0 Å². The molecule has 0 saturated heterocycles. The number of hydrogen-bond donors (Lipinski definition) is 0. The summed E-state index contributed by atoms with van der Waals surface area (Å²) in [6, 6.07) is 13.7. The van der Waals surface area contributed by atoms with Gasteiger partial charge in [-0.05, 0) is 35.9 Å². The SMILES string of the molecule is CCN(C(C)=O)c1nc(/C=C2/N=C(c3ccc4ccccc4c3)OC2=O)cs1. The van der Waals surface area contributed by atoms with Gasteiger partial charge < -0.3 is 4.74 Å². The predicted molar refractivity (Wildman–Crippen MR) is 110 cm³/mol. The summed E-state index contributed by atoms with van der Waals surface area (Å²) in [6.45, 7) is 3.91. The zero-order valence-corrected chi connectivity index (χ0v) is 16.2. The third kappa shape index (κ3) is 3.44. The van der Waals surface area contributed by atoms with Crippen molar-refractivity contribution in [1.82, 2.24) is 4.98 Å². The number of anilines is 1. The average Bonchev–Trinajstić information content (AvgIpc) is 3.29. The lowest BCUT2D eigenvalue weighted by atomic mass is 10.1. The maximum atomic E-state index is 12.2. The van der Waals surface area contributed by atoms with E-state index in [0.717, 1.165) is 16.3 Å². The number of amides is 1. The van der Waals surface area contributed by atoms with Gasteiger partial charge in [0.1, 0.15) is 0 Å². The molecule has 6 nitrogen and oxygen atoms in total. The van der Waals surface area contributed by atoms with Gasteiger partial charge in [-0.3, -0.25) is 9.69 Å². The minimum Gasteiger partial charge on any atom is -0.402 e. The lowest BCUT2D eigenvalue weighted by Gasteiger charge is -2.14. The summed E-state index contributed by atoms with van der Waals surface area (Å²) < 4.78 is 5.35. The number of carbonyl (C=O) groups excluding carboxylic acids is 2. The molecule has 0 spiro atoms. The summed E-state index contributed by atoms with van der Waals surface area (Å²) in [5, 5.41) is 4.52. The molecule has 2 heterocycles.